The molecule has 1 fully saturated rings. The number of benzene rings is 2. The van der Waals surface area contributed by atoms with Crippen LogP contribution in [0.1, 0.15) is 53.9 Å². The third-order valence-electron chi connectivity index (χ3n) is 6.11. The number of rotatable bonds is 4. The van der Waals surface area contributed by atoms with E-state index in [0.29, 0.717) is 6.04 Å². The van der Waals surface area contributed by atoms with Gasteiger partial charge in [0.2, 0.25) is 5.91 Å². The topological polar surface area (TPSA) is 32.3 Å². The number of piperidine rings is 1. The predicted molar refractivity (Wildman–Crippen MR) is 110 cm³/mol. The standard InChI is InChI=1S/C24H30N2O/c1-18-6-4-7-19(16-18)17-26-14-12-21(13-15-26)25-24(27)23-11-5-9-20-8-2-3-10-22(20)23/h2-4,6-8,10,16,21,23H,5,9,11-15,17H2,1H3,(H,25,27)/t23-/m0/s1. The number of hydrogen-bond donors (Lipinski definition) is 1. The zero-order valence-corrected chi connectivity index (χ0v) is 16.3. The molecule has 2 aromatic carbocycles. The molecule has 1 amide bonds. The highest BCUT2D eigenvalue weighted by Crippen LogP contribution is 2.31. The first-order chi connectivity index (χ1) is 13.2. The molecule has 2 aromatic rings. The highest BCUT2D eigenvalue weighted by atomic mass is 16.1. The summed E-state index contributed by atoms with van der Waals surface area (Å²) in [5.74, 6) is 0.277. The fraction of sp³-hybridized carbons (Fsp3) is 0.458. The van der Waals surface area contributed by atoms with Crippen molar-refractivity contribution in [3.8, 4) is 0 Å². The van der Waals surface area contributed by atoms with Crippen molar-refractivity contribution in [1.82, 2.24) is 10.2 Å². The quantitative estimate of drug-likeness (QED) is 0.884. The molecule has 0 spiro atoms. The lowest BCUT2D eigenvalue weighted by Crippen LogP contribution is -2.46. The summed E-state index contributed by atoms with van der Waals surface area (Å²) >= 11 is 0. The van der Waals surface area contributed by atoms with Gasteiger partial charge in [-0.15, -0.1) is 0 Å². The van der Waals surface area contributed by atoms with E-state index in [1.54, 1.807) is 0 Å². The van der Waals surface area contributed by atoms with Gasteiger partial charge in [-0.25, -0.2) is 0 Å². The van der Waals surface area contributed by atoms with Crippen molar-refractivity contribution >= 4 is 5.91 Å². The molecule has 1 atom stereocenters. The Bertz CT molecular complexity index is 792. The monoisotopic (exact) mass is 362 g/mol. The summed E-state index contributed by atoms with van der Waals surface area (Å²) in [6.45, 7) is 5.27. The normalized spacial score (nSPS) is 20.9. The number of aryl methyl sites for hydroxylation is 2. The predicted octanol–water partition coefficient (Wildman–Crippen LogP) is 4.20. The van der Waals surface area contributed by atoms with Crippen molar-refractivity contribution in [1.29, 1.82) is 0 Å². The third-order valence-corrected chi connectivity index (χ3v) is 6.11. The Labute approximate surface area is 162 Å². The van der Waals surface area contributed by atoms with Gasteiger partial charge in [0.15, 0.2) is 0 Å². The van der Waals surface area contributed by atoms with Crippen LogP contribution in [0.3, 0.4) is 0 Å². The van der Waals surface area contributed by atoms with E-state index >= 15 is 0 Å². The van der Waals surface area contributed by atoms with Crippen LogP contribution in [0.5, 0.6) is 0 Å². The summed E-state index contributed by atoms with van der Waals surface area (Å²) in [6.07, 6.45) is 5.30. The number of carbonyl (C=O) groups is 1. The number of likely N-dealkylation sites (tertiary alicyclic amines) is 1. The Hall–Kier alpha value is -2.13. The first-order valence-electron chi connectivity index (χ1n) is 10.3. The average Bonchev–Trinajstić information content (AvgIpc) is 2.69. The number of amides is 1. The van der Waals surface area contributed by atoms with Crippen molar-refractivity contribution in [2.45, 2.75) is 57.5 Å². The first kappa shape index (κ1) is 18.2. The maximum absolute atomic E-state index is 12.9. The molecule has 0 aromatic heterocycles. The molecule has 0 radical (unpaired) electrons. The zero-order chi connectivity index (χ0) is 18.6. The van der Waals surface area contributed by atoms with Gasteiger partial charge >= 0.3 is 0 Å². The number of nitrogens with one attached hydrogen (secondary N) is 1. The van der Waals surface area contributed by atoms with E-state index in [-0.39, 0.29) is 11.8 Å². The van der Waals surface area contributed by atoms with Crippen LogP contribution in [-0.4, -0.2) is 29.9 Å². The lowest BCUT2D eigenvalue weighted by molar-refractivity contribution is -0.123. The molecule has 3 heteroatoms. The molecule has 4 rings (SSSR count). The van der Waals surface area contributed by atoms with Crippen LogP contribution in [0.15, 0.2) is 48.5 Å². The summed E-state index contributed by atoms with van der Waals surface area (Å²) in [5, 5.41) is 3.36. The average molecular weight is 363 g/mol. The Morgan fingerprint density at radius 2 is 1.89 bits per heavy atom. The Morgan fingerprint density at radius 1 is 1.07 bits per heavy atom. The molecule has 27 heavy (non-hydrogen) atoms. The Kier molecular flexibility index (Phi) is 5.58. The molecule has 1 heterocycles. The zero-order valence-electron chi connectivity index (χ0n) is 16.3. The lowest BCUT2D eigenvalue weighted by atomic mass is 9.82. The maximum atomic E-state index is 12.9. The smallest absolute Gasteiger partial charge is 0.227 e. The minimum atomic E-state index is 0.0419. The van der Waals surface area contributed by atoms with Crippen LogP contribution in [0.4, 0.5) is 0 Å². The molecule has 1 aliphatic carbocycles. The number of fused-ring (bicyclic) bond motifs is 1. The minimum Gasteiger partial charge on any atom is -0.353 e. The van der Waals surface area contributed by atoms with Crippen LogP contribution >= 0.6 is 0 Å². The van der Waals surface area contributed by atoms with Gasteiger partial charge in [0.1, 0.15) is 0 Å². The fourth-order valence-electron chi connectivity index (χ4n) is 4.63. The second-order valence-electron chi connectivity index (χ2n) is 8.19. The molecule has 1 N–H and O–H groups in total. The molecule has 0 unspecified atom stereocenters. The summed E-state index contributed by atoms with van der Waals surface area (Å²) < 4.78 is 0. The van der Waals surface area contributed by atoms with Gasteiger partial charge in [-0.2, -0.15) is 0 Å². The summed E-state index contributed by atoms with van der Waals surface area (Å²) in [7, 11) is 0. The molecule has 3 nitrogen and oxygen atoms in total. The van der Waals surface area contributed by atoms with E-state index in [1.807, 2.05) is 0 Å². The number of hydrogen-bond acceptors (Lipinski definition) is 2. The second kappa shape index (κ2) is 8.26. The third kappa shape index (κ3) is 4.41. The van der Waals surface area contributed by atoms with Crippen LogP contribution in [0, 0.1) is 6.92 Å². The highest BCUT2D eigenvalue weighted by Gasteiger charge is 2.28. The molecular formula is C24H30N2O. The Morgan fingerprint density at radius 3 is 2.70 bits per heavy atom. The van der Waals surface area contributed by atoms with Crippen LogP contribution in [0.25, 0.3) is 0 Å². The van der Waals surface area contributed by atoms with E-state index < -0.39 is 0 Å². The lowest BCUT2D eigenvalue weighted by Gasteiger charge is -2.34. The van der Waals surface area contributed by atoms with Crippen LogP contribution in [-0.2, 0) is 17.8 Å². The van der Waals surface area contributed by atoms with Crippen molar-refractivity contribution in [3.05, 3.63) is 70.8 Å². The summed E-state index contributed by atoms with van der Waals surface area (Å²) in [5.41, 5.74) is 5.31. The van der Waals surface area contributed by atoms with E-state index in [9.17, 15) is 4.79 Å². The van der Waals surface area contributed by atoms with Crippen LogP contribution in [0.2, 0.25) is 0 Å². The molecule has 0 saturated carbocycles. The summed E-state index contributed by atoms with van der Waals surface area (Å²) in [6, 6.07) is 17.6. The molecule has 0 bridgehead atoms. The molecule has 142 valence electrons. The Balaban J connectivity index is 1.30. The molecule has 1 aliphatic heterocycles. The van der Waals surface area contributed by atoms with E-state index in [4.69, 9.17) is 0 Å². The van der Waals surface area contributed by atoms with E-state index in [2.05, 4.69) is 65.7 Å². The number of carbonyl (C=O) groups excluding carboxylic acids is 1. The SMILES string of the molecule is Cc1cccc(CN2CCC(NC(=O)[C@H]3CCCc4ccccc43)CC2)c1. The molecule has 1 saturated heterocycles. The highest BCUT2D eigenvalue weighted by molar-refractivity contribution is 5.84. The van der Waals surface area contributed by atoms with Gasteiger partial charge in [0, 0.05) is 25.7 Å². The largest absolute Gasteiger partial charge is 0.353 e. The fourth-order valence-corrected chi connectivity index (χ4v) is 4.63. The molecule has 2 aliphatic rings. The van der Waals surface area contributed by atoms with Crippen molar-refractivity contribution in [2.24, 2.45) is 0 Å². The van der Waals surface area contributed by atoms with Crippen LogP contribution < -0.4 is 5.32 Å². The first-order valence-corrected chi connectivity index (χ1v) is 10.3. The van der Waals surface area contributed by atoms with Gasteiger partial charge in [-0.05, 0) is 55.7 Å². The minimum absolute atomic E-state index is 0.0419. The summed E-state index contributed by atoms with van der Waals surface area (Å²) in [4.78, 5) is 15.4. The van der Waals surface area contributed by atoms with Gasteiger partial charge in [0.05, 0.1) is 5.92 Å². The van der Waals surface area contributed by atoms with Gasteiger partial charge in [-0.3, -0.25) is 9.69 Å². The second-order valence-corrected chi connectivity index (χ2v) is 8.19. The van der Waals surface area contributed by atoms with Gasteiger partial charge in [0.25, 0.3) is 0 Å². The van der Waals surface area contributed by atoms with Crippen molar-refractivity contribution in [3.63, 3.8) is 0 Å². The van der Waals surface area contributed by atoms with E-state index in [1.165, 1.54) is 22.3 Å². The van der Waals surface area contributed by atoms with Gasteiger partial charge in [-0.1, -0.05) is 54.1 Å². The van der Waals surface area contributed by atoms with E-state index in [0.717, 1.165) is 51.7 Å². The molecular weight excluding hydrogens is 332 g/mol. The number of nitrogens with zero attached hydrogens (tertiary/aromatic N) is 1. The maximum Gasteiger partial charge on any atom is 0.227 e. The van der Waals surface area contributed by atoms with Crippen molar-refractivity contribution in [2.75, 3.05) is 13.1 Å². The van der Waals surface area contributed by atoms with Gasteiger partial charge < -0.3 is 5.32 Å². The van der Waals surface area contributed by atoms with Crippen molar-refractivity contribution < 1.29 is 4.79 Å².